The predicted octanol–water partition coefficient (Wildman–Crippen LogP) is 2.18. The van der Waals surface area contributed by atoms with E-state index in [1.165, 1.54) is 16.6 Å². The van der Waals surface area contributed by atoms with E-state index in [1.54, 1.807) is 27.9 Å². The Balaban J connectivity index is 1.26. The number of carbonyl (C=O) groups excluding carboxylic acids is 1. The molecule has 172 valence electrons. The molecule has 1 amide bonds. The Labute approximate surface area is 192 Å². The number of para-hydroxylation sites is 1. The van der Waals surface area contributed by atoms with Crippen LogP contribution in [0.4, 0.5) is 0 Å². The molecule has 1 aromatic heterocycles. The number of amides is 1. The molecule has 5 rings (SSSR count). The molecule has 1 saturated heterocycles. The second kappa shape index (κ2) is 8.87. The van der Waals surface area contributed by atoms with E-state index in [4.69, 9.17) is 9.47 Å². The highest BCUT2D eigenvalue weighted by atomic mass is 32.2. The van der Waals surface area contributed by atoms with Gasteiger partial charge in [-0.2, -0.15) is 9.40 Å². The highest BCUT2D eigenvalue weighted by molar-refractivity contribution is 7.89. The minimum Gasteiger partial charge on any atom is -0.490 e. The summed E-state index contributed by atoms with van der Waals surface area (Å²) in [7, 11) is -3.71. The van der Waals surface area contributed by atoms with Gasteiger partial charge in [-0.3, -0.25) is 4.79 Å². The molecule has 0 aliphatic carbocycles. The van der Waals surface area contributed by atoms with Crippen LogP contribution in [0.1, 0.15) is 16.8 Å². The number of aromatic nitrogens is 2. The fourth-order valence-corrected chi connectivity index (χ4v) is 5.36. The summed E-state index contributed by atoms with van der Waals surface area (Å²) in [4.78, 5) is 14.8. The summed E-state index contributed by atoms with van der Waals surface area (Å²) in [6.07, 6.45) is 3.98. The van der Waals surface area contributed by atoms with Crippen LogP contribution >= 0.6 is 0 Å². The van der Waals surface area contributed by atoms with E-state index in [1.807, 2.05) is 30.3 Å². The molecule has 0 atom stereocenters. The van der Waals surface area contributed by atoms with Crippen LogP contribution in [0.5, 0.6) is 11.5 Å². The first kappa shape index (κ1) is 21.5. The van der Waals surface area contributed by atoms with E-state index < -0.39 is 10.0 Å². The van der Waals surface area contributed by atoms with Gasteiger partial charge < -0.3 is 14.4 Å². The summed E-state index contributed by atoms with van der Waals surface area (Å²) in [6, 6.07) is 14.2. The van der Waals surface area contributed by atoms with Gasteiger partial charge in [-0.25, -0.2) is 13.1 Å². The van der Waals surface area contributed by atoms with Gasteiger partial charge in [0.1, 0.15) is 0 Å². The highest BCUT2D eigenvalue weighted by Gasteiger charge is 2.31. The zero-order chi connectivity index (χ0) is 22.8. The molecular formula is C23H24N4O5S. The highest BCUT2D eigenvalue weighted by Crippen LogP contribution is 2.33. The monoisotopic (exact) mass is 468 g/mol. The number of hydrogen-bond donors (Lipinski definition) is 0. The molecule has 0 saturated carbocycles. The van der Waals surface area contributed by atoms with Crippen molar-refractivity contribution in [2.45, 2.75) is 11.3 Å². The number of piperazine rings is 1. The molecule has 33 heavy (non-hydrogen) atoms. The van der Waals surface area contributed by atoms with Crippen molar-refractivity contribution >= 4 is 15.9 Å². The maximum Gasteiger partial charge on any atom is 0.257 e. The zero-order valence-corrected chi connectivity index (χ0v) is 18.8. The maximum atomic E-state index is 13.2. The maximum absolute atomic E-state index is 13.2. The Morgan fingerprint density at radius 2 is 1.64 bits per heavy atom. The topological polar surface area (TPSA) is 94.0 Å². The lowest BCUT2D eigenvalue weighted by molar-refractivity contribution is 0.0698. The van der Waals surface area contributed by atoms with Crippen LogP contribution in [0.3, 0.4) is 0 Å². The lowest BCUT2D eigenvalue weighted by Crippen LogP contribution is -2.50. The van der Waals surface area contributed by atoms with Gasteiger partial charge >= 0.3 is 0 Å². The van der Waals surface area contributed by atoms with Gasteiger partial charge in [-0.05, 0) is 24.3 Å². The molecule has 2 aliphatic rings. The number of rotatable bonds is 4. The number of nitrogens with zero attached hydrogens (tertiary/aromatic N) is 4. The molecule has 10 heteroatoms. The van der Waals surface area contributed by atoms with Crippen molar-refractivity contribution in [1.82, 2.24) is 19.0 Å². The molecule has 3 heterocycles. The predicted molar refractivity (Wildman–Crippen MR) is 120 cm³/mol. The fraction of sp³-hybridized carbons (Fsp3) is 0.304. The van der Waals surface area contributed by atoms with Crippen molar-refractivity contribution in [3.8, 4) is 17.2 Å². The Kier molecular flexibility index (Phi) is 5.77. The van der Waals surface area contributed by atoms with E-state index in [0.29, 0.717) is 43.4 Å². The van der Waals surface area contributed by atoms with E-state index >= 15 is 0 Å². The van der Waals surface area contributed by atoms with Gasteiger partial charge in [0.2, 0.25) is 10.0 Å². The average molecular weight is 469 g/mol. The summed E-state index contributed by atoms with van der Waals surface area (Å²) in [5.74, 6) is 0.834. The summed E-state index contributed by atoms with van der Waals surface area (Å²) in [5, 5.41) is 4.28. The third-order valence-corrected chi connectivity index (χ3v) is 7.63. The smallest absolute Gasteiger partial charge is 0.257 e. The molecule has 2 aromatic carbocycles. The molecule has 0 spiro atoms. The molecule has 9 nitrogen and oxygen atoms in total. The van der Waals surface area contributed by atoms with Crippen molar-refractivity contribution in [1.29, 1.82) is 0 Å². The minimum atomic E-state index is -3.71. The minimum absolute atomic E-state index is 0.162. The molecule has 0 bridgehead atoms. The Bertz CT molecular complexity index is 1250. The number of sulfonamides is 1. The van der Waals surface area contributed by atoms with Crippen LogP contribution in [-0.2, 0) is 10.0 Å². The number of hydrogen-bond acceptors (Lipinski definition) is 6. The lowest BCUT2D eigenvalue weighted by Gasteiger charge is -2.33. The molecule has 0 radical (unpaired) electrons. The van der Waals surface area contributed by atoms with Crippen molar-refractivity contribution in [3.63, 3.8) is 0 Å². The van der Waals surface area contributed by atoms with Crippen LogP contribution in [0.15, 0.2) is 65.8 Å². The van der Waals surface area contributed by atoms with Crippen LogP contribution < -0.4 is 9.47 Å². The van der Waals surface area contributed by atoms with E-state index in [-0.39, 0.29) is 23.9 Å². The van der Waals surface area contributed by atoms with Crippen molar-refractivity contribution in [3.05, 3.63) is 66.5 Å². The van der Waals surface area contributed by atoms with Crippen LogP contribution in [0.25, 0.3) is 5.69 Å². The van der Waals surface area contributed by atoms with Crippen molar-refractivity contribution < 1.29 is 22.7 Å². The van der Waals surface area contributed by atoms with Gasteiger partial charge in [-0.1, -0.05) is 18.2 Å². The number of carbonyl (C=O) groups is 1. The first-order valence-electron chi connectivity index (χ1n) is 10.8. The number of fused-ring (bicyclic) bond motifs is 1. The second-order valence-corrected chi connectivity index (χ2v) is 9.80. The third kappa shape index (κ3) is 4.31. The number of ether oxygens (including phenoxy) is 2. The molecule has 2 aliphatic heterocycles. The van der Waals surface area contributed by atoms with Crippen LogP contribution in [-0.4, -0.2) is 72.7 Å². The summed E-state index contributed by atoms with van der Waals surface area (Å²) >= 11 is 0. The Morgan fingerprint density at radius 1 is 0.909 bits per heavy atom. The molecule has 0 unspecified atom stereocenters. The summed E-state index contributed by atoms with van der Waals surface area (Å²) in [5.41, 5.74) is 1.33. The van der Waals surface area contributed by atoms with Crippen LogP contribution in [0, 0.1) is 0 Å². The third-order valence-electron chi connectivity index (χ3n) is 5.73. The van der Waals surface area contributed by atoms with Gasteiger partial charge in [0, 0.05) is 44.9 Å². The SMILES string of the molecule is O=C(c1cnn(-c2ccccc2)c1)N1CCN(S(=O)(=O)c2ccc3c(c2)OCCCO3)CC1. The Hall–Kier alpha value is -3.37. The largest absolute Gasteiger partial charge is 0.490 e. The molecular weight excluding hydrogens is 444 g/mol. The van der Waals surface area contributed by atoms with Gasteiger partial charge in [0.25, 0.3) is 5.91 Å². The molecule has 0 N–H and O–H groups in total. The Morgan fingerprint density at radius 3 is 2.39 bits per heavy atom. The standard InChI is InChI=1S/C23H24N4O5S/c28-23(18-16-24-27(17-18)19-5-2-1-3-6-19)25-9-11-26(12-10-25)33(29,30)20-7-8-21-22(15-20)32-14-4-13-31-21/h1-3,5-8,15-17H,4,9-14H2. The van der Waals surface area contributed by atoms with E-state index in [9.17, 15) is 13.2 Å². The van der Waals surface area contributed by atoms with Gasteiger partial charge in [0.15, 0.2) is 11.5 Å². The van der Waals surface area contributed by atoms with Crippen molar-refractivity contribution in [2.75, 3.05) is 39.4 Å². The van der Waals surface area contributed by atoms with E-state index in [2.05, 4.69) is 5.10 Å². The van der Waals surface area contributed by atoms with Crippen LogP contribution in [0.2, 0.25) is 0 Å². The van der Waals surface area contributed by atoms with Crippen molar-refractivity contribution in [2.24, 2.45) is 0 Å². The summed E-state index contributed by atoms with van der Waals surface area (Å²) in [6.45, 7) is 2.07. The van der Waals surface area contributed by atoms with Gasteiger partial charge in [-0.15, -0.1) is 0 Å². The first-order valence-corrected chi connectivity index (χ1v) is 12.3. The van der Waals surface area contributed by atoms with E-state index in [0.717, 1.165) is 12.1 Å². The first-order chi connectivity index (χ1) is 16.0. The van der Waals surface area contributed by atoms with Gasteiger partial charge in [0.05, 0.1) is 35.6 Å². The zero-order valence-electron chi connectivity index (χ0n) is 18.0. The summed E-state index contributed by atoms with van der Waals surface area (Å²) < 4.78 is 40.6. The number of benzene rings is 2. The molecule has 3 aromatic rings. The molecule has 1 fully saturated rings. The lowest BCUT2D eigenvalue weighted by atomic mass is 10.2. The average Bonchev–Trinajstić information content (AvgIpc) is 3.23. The fourth-order valence-electron chi connectivity index (χ4n) is 3.92. The normalized spacial score (nSPS) is 16.9. The quantitative estimate of drug-likeness (QED) is 0.583. The second-order valence-electron chi connectivity index (χ2n) is 7.86.